The van der Waals surface area contributed by atoms with Gasteiger partial charge in [0.2, 0.25) is 0 Å². The molecule has 0 heterocycles. The summed E-state index contributed by atoms with van der Waals surface area (Å²) in [6.45, 7) is 2.50. The largest absolute Gasteiger partial charge is 0.496 e. The van der Waals surface area contributed by atoms with E-state index >= 15 is 0 Å². The number of methoxy groups -OCH3 is 1. The van der Waals surface area contributed by atoms with E-state index in [0.29, 0.717) is 11.3 Å². The quantitative estimate of drug-likeness (QED) is 0.379. The third kappa shape index (κ3) is 5.51. The molecule has 2 rings (SSSR count). The molecule has 0 aliphatic rings. The van der Waals surface area contributed by atoms with Crippen LogP contribution in [0.4, 0.5) is 5.69 Å². The summed E-state index contributed by atoms with van der Waals surface area (Å²) in [6.07, 6.45) is 3.52. The highest BCUT2D eigenvalue weighted by Crippen LogP contribution is 2.27. The molecule has 0 spiro atoms. The van der Waals surface area contributed by atoms with Crippen LogP contribution in [0, 0.1) is 5.41 Å². The van der Waals surface area contributed by atoms with Crippen LogP contribution in [-0.4, -0.2) is 33.0 Å². The lowest BCUT2D eigenvalue weighted by atomic mass is 10.1. The molecule has 6 heteroatoms. The van der Waals surface area contributed by atoms with Crippen molar-refractivity contribution < 1.29 is 4.74 Å². The fourth-order valence-electron chi connectivity index (χ4n) is 2.60. The van der Waals surface area contributed by atoms with Crippen molar-refractivity contribution in [1.82, 2.24) is 5.32 Å². The van der Waals surface area contributed by atoms with E-state index in [1.54, 1.807) is 7.11 Å². The molecule has 5 nitrogen and oxygen atoms in total. The van der Waals surface area contributed by atoms with Gasteiger partial charge in [-0.05, 0) is 36.7 Å². The summed E-state index contributed by atoms with van der Waals surface area (Å²) in [5, 5.41) is 15.0. The molecule has 0 aliphatic carbocycles. The normalized spacial score (nSPS) is 11.2. The van der Waals surface area contributed by atoms with Crippen molar-refractivity contribution in [2.24, 2.45) is 5.73 Å². The highest BCUT2D eigenvalue weighted by Gasteiger charge is 2.07. The molecule has 26 heavy (non-hydrogen) atoms. The molecule has 0 unspecified atom stereocenters. The zero-order valence-corrected chi connectivity index (χ0v) is 15.6. The molecule has 0 saturated carbocycles. The number of ether oxygens (including phenoxy) is 1. The van der Waals surface area contributed by atoms with E-state index in [4.69, 9.17) is 27.5 Å². The van der Waals surface area contributed by atoms with Crippen LogP contribution in [0.15, 0.2) is 48.7 Å². The lowest BCUT2D eigenvalue weighted by Crippen LogP contribution is -2.24. The van der Waals surface area contributed by atoms with E-state index in [1.807, 2.05) is 36.4 Å². The summed E-state index contributed by atoms with van der Waals surface area (Å²) < 4.78 is 5.41. The average Bonchev–Trinajstić information content (AvgIpc) is 2.67. The summed E-state index contributed by atoms with van der Waals surface area (Å²) in [5.74, 6) is 0.682. The second-order valence-corrected chi connectivity index (χ2v) is 6.11. The third-order valence-electron chi connectivity index (χ3n) is 4.01. The van der Waals surface area contributed by atoms with E-state index in [9.17, 15) is 0 Å². The average molecular weight is 373 g/mol. The minimum atomic E-state index is 0.620. The zero-order chi connectivity index (χ0) is 18.8. The highest BCUT2D eigenvalue weighted by atomic mass is 35.5. The van der Waals surface area contributed by atoms with Gasteiger partial charge in [-0.2, -0.15) is 0 Å². The maximum absolute atomic E-state index is 7.41. The van der Waals surface area contributed by atoms with Crippen LogP contribution in [0.3, 0.4) is 0 Å². The summed E-state index contributed by atoms with van der Waals surface area (Å²) in [6, 6.07) is 13.7. The molecular weight excluding hydrogens is 348 g/mol. The van der Waals surface area contributed by atoms with Gasteiger partial charge in [-0.1, -0.05) is 29.8 Å². The van der Waals surface area contributed by atoms with Crippen LogP contribution in [0.2, 0.25) is 5.02 Å². The molecule has 0 fully saturated rings. The fraction of sp³-hybridized carbons (Fsp3) is 0.250. The lowest BCUT2D eigenvalue weighted by Gasteiger charge is -2.13. The van der Waals surface area contributed by atoms with Gasteiger partial charge in [0.15, 0.2) is 0 Å². The number of nitrogens with two attached hydrogens (primary N) is 1. The van der Waals surface area contributed by atoms with Crippen LogP contribution in [0.1, 0.15) is 11.1 Å². The predicted molar refractivity (Wildman–Crippen MR) is 110 cm³/mol. The Kier molecular flexibility index (Phi) is 7.99. The van der Waals surface area contributed by atoms with Crippen LogP contribution in [-0.2, 0) is 6.42 Å². The Bertz CT molecular complexity index is 761. The standard InChI is InChI=1S/C20H25ClN4O/c1-26-20-12-17(6-7-18(20)16(13-22)14-23)25-11-10-24-9-8-15-4-2-3-5-19(15)21/h2-7,12-14,22,24-25H,8-11,23H2,1H3/b16-14+,22-13?. The molecule has 2 aromatic carbocycles. The van der Waals surface area contributed by atoms with Crippen molar-refractivity contribution in [2.45, 2.75) is 6.42 Å². The molecule has 0 atom stereocenters. The van der Waals surface area contributed by atoms with Gasteiger partial charge >= 0.3 is 0 Å². The second-order valence-electron chi connectivity index (χ2n) is 5.70. The molecule has 5 N–H and O–H groups in total. The van der Waals surface area contributed by atoms with E-state index in [-0.39, 0.29) is 0 Å². The first-order valence-electron chi connectivity index (χ1n) is 8.48. The van der Waals surface area contributed by atoms with Crippen molar-refractivity contribution in [2.75, 3.05) is 32.1 Å². The first kappa shape index (κ1) is 19.8. The first-order chi connectivity index (χ1) is 12.7. The molecule has 0 saturated heterocycles. The number of allylic oxidation sites excluding steroid dienone is 1. The minimum Gasteiger partial charge on any atom is -0.496 e. The Morgan fingerprint density at radius 3 is 2.69 bits per heavy atom. The maximum atomic E-state index is 7.41. The molecule has 0 bridgehead atoms. The topological polar surface area (TPSA) is 83.2 Å². The summed E-state index contributed by atoms with van der Waals surface area (Å²) >= 11 is 6.15. The Balaban J connectivity index is 1.79. The molecule has 0 radical (unpaired) electrons. The highest BCUT2D eigenvalue weighted by molar-refractivity contribution is 6.31. The van der Waals surface area contributed by atoms with Gasteiger partial charge in [0.1, 0.15) is 5.75 Å². The predicted octanol–water partition coefficient (Wildman–Crippen LogP) is 3.54. The summed E-state index contributed by atoms with van der Waals surface area (Å²) in [7, 11) is 1.61. The number of hydrogen-bond acceptors (Lipinski definition) is 5. The Morgan fingerprint density at radius 2 is 2.00 bits per heavy atom. The van der Waals surface area contributed by atoms with Gasteiger partial charge in [0, 0.05) is 53.4 Å². The van der Waals surface area contributed by atoms with Gasteiger partial charge in [0.05, 0.1) is 7.11 Å². The molecule has 0 amide bonds. The summed E-state index contributed by atoms with van der Waals surface area (Å²) in [5.41, 5.74) is 9.09. The monoisotopic (exact) mass is 372 g/mol. The van der Waals surface area contributed by atoms with Gasteiger partial charge in [-0.25, -0.2) is 0 Å². The van der Waals surface area contributed by atoms with Crippen molar-refractivity contribution >= 4 is 29.1 Å². The fourth-order valence-corrected chi connectivity index (χ4v) is 2.83. The first-order valence-corrected chi connectivity index (χ1v) is 8.86. The van der Waals surface area contributed by atoms with Gasteiger partial charge in [-0.15, -0.1) is 0 Å². The molecule has 2 aromatic rings. The van der Waals surface area contributed by atoms with Gasteiger partial charge in [0.25, 0.3) is 0 Å². The number of benzene rings is 2. The van der Waals surface area contributed by atoms with Gasteiger partial charge in [-0.3, -0.25) is 0 Å². The Morgan fingerprint density at radius 1 is 1.19 bits per heavy atom. The molecular formula is C20H25ClN4O. The van der Waals surface area contributed by atoms with Crippen molar-refractivity contribution in [3.05, 3.63) is 64.8 Å². The third-order valence-corrected chi connectivity index (χ3v) is 4.38. The number of halogens is 1. The number of nitrogens with one attached hydrogen (secondary N) is 3. The number of anilines is 1. The lowest BCUT2D eigenvalue weighted by molar-refractivity contribution is 0.414. The molecule has 138 valence electrons. The Hall–Kier alpha value is -2.50. The Labute approximate surface area is 159 Å². The minimum absolute atomic E-state index is 0.620. The van der Waals surface area contributed by atoms with Crippen molar-refractivity contribution in [3.63, 3.8) is 0 Å². The van der Waals surface area contributed by atoms with Crippen molar-refractivity contribution in [3.8, 4) is 5.75 Å². The molecule has 0 aromatic heterocycles. The summed E-state index contributed by atoms with van der Waals surface area (Å²) in [4.78, 5) is 0. The SMILES string of the molecule is COc1cc(NCCNCCc2ccccc2Cl)ccc1/C(C=N)=C/N. The van der Waals surface area contributed by atoms with Crippen LogP contribution >= 0.6 is 11.6 Å². The smallest absolute Gasteiger partial charge is 0.128 e. The second kappa shape index (κ2) is 10.5. The van der Waals surface area contributed by atoms with E-state index < -0.39 is 0 Å². The number of rotatable bonds is 10. The maximum Gasteiger partial charge on any atom is 0.128 e. The van der Waals surface area contributed by atoms with Crippen LogP contribution in [0.5, 0.6) is 5.75 Å². The van der Waals surface area contributed by atoms with Crippen LogP contribution in [0.25, 0.3) is 5.57 Å². The van der Waals surface area contributed by atoms with Crippen LogP contribution < -0.4 is 21.1 Å². The number of hydrogen-bond donors (Lipinski definition) is 4. The van der Waals surface area contributed by atoms with E-state index in [1.165, 1.54) is 12.4 Å². The van der Waals surface area contributed by atoms with Gasteiger partial charge < -0.3 is 26.5 Å². The zero-order valence-electron chi connectivity index (χ0n) is 14.9. The molecule has 0 aliphatic heterocycles. The van der Waals surface area contributed by atoms with E-state index in [0.717, 1.165) is 47.9 Å². The van der Waals surface area contributed by atoms with Crippen molar-refractivity contribution in [1.29, 1.82) is 5.41 Å². The van der Waals surface area contributed by atoms with E-state index in [2.05, 4.69) is 16.7 Å².